The van der Waals surface area contributed by atoms with E-state index in [1.54, 1.807) is 19.2 Å². The Hall–Kier alpha value is -4.12. The van der Waals surface area contributed by atoms with Crippen LogP contribution >= 0.6 is 0 Å². The minimum absolute atomic E-state index is 0.0337. The number of pyridine rings is 1. The number of nitrogens with zero attached hydrogens (tertiary/aromatic N) is 3. The predicted octanol–water partition coefficient (Wildman–Crippen LogP) is 3.06. The van der Waals surface area contributed by atoms with E-state index in [9.17, 15) is 19.6 Å². The molecule has 0 aliphatic heterocycles. The van der Waals surface area contributed by atoms with E-state index in [1.165, 1.54) is 19.4 Å². The minimum atomic E-state index is -0.690. The SMILES string of the molecule is COC(=O)c1cc(C#N)c(=O)n(CC(=O)c2cc(C)n(CCc3ccc(OC)cc3)c2C)c1. The van der Waals surface area contributed by atoms with Crippen LogP contribution in [0.1, 0.15) is 43.2 Å². The van der Waals surface area contributed by atoms with Gasteiger partial charge in [-0.3, -0.25) is 9.59 Å². The second-order valence-corrected chi connectivity index (χ2v) is 7.64. The lowest BCUT2D eigenvalue weighted by molar-refractivity contribution is 0.0599. The van der Waals surface area contributed by atoms with E-state index in [-0.39, 0.29) is 23.5 Å². The molecule has 2 heterocycles. The number of esters is 1. The molecule has 0 fully saturated rings. The van der Waals surface area contributed by atoms with Crippen molar-refractivity contribution in [1.82, 2.24) is 9.13 Å². The highest BCUT2D eigenvalue weighted by Gasteiger charge is 2.19. The largest absolute Gasteiger partial charge is 0.497 e. The zero-order chi connectivity index (χ0) is 24.1. The lowest BCUT2D eigenvalue weighted by Gasteiger charge is -2.11. The smallest absolute Gasteiger partial charge is 0.339 e. The summed E-state index contributed by atoms with van der Waals surface area (Å²) in [4.78, 5) is 37.5. The molecule has 8 heteroatoms. The Morgan fingerprint density at radius 3 is 2.39 bits per heavy atom. The van der Waals surface area contributed by atoms with Crippen LogP contribution in [-0.4, -0.2) is 35.1 Å². The molecule has 0 unspecified atom stereocenters. The van der Waals surface area contributed by atoms with Crippen LogP contribution in [-0.2, 0) is 24.2 Å². The highest BCUT2D eigenvalue weighted by atomic mass is 16.5. The summed E-state index contributed by atoms with van der Waals surface area (Å²) >= 11 is 0. The van der Waals surface area contributed by atoms with Crippen molar-refractivity contribution in [3.63, 3.8) is 0 Å². The van der Waals surface area contributed by atoms with Gasteiger partial charge >= 0.3 is 5.97 Å². The molecule has 0 N–H and O–H groups in total. The van der Waals surface area contributed by atoms with Crippen LogP contribution in [0.4, 0.5) is 0 Å². The van der Waals surface area contributed by atoms with Crippen molar-refractivity contribution in [3.05, 3.63) is 86.6 Å². The van der Waals surface area contributed by atoms with Crippen molar-refractivity contribution >= 4 is 11.8 Å². The molecule has 0 bridgehead atoms. The summed E-state index contributed by atoms with van der Waals surface area (Å²) in [5, 5.41) is 9.23. The van der Waals surface area contributed by atoms with Crippen molar-refractivity contribution in [1.29, 1.82) is 5.26 Å². The van der Waals surface area contributed by atoms with Gasteiger partial charge in [0.15, 0.2) is 5.78 Å². The Kier molecular flexibility index (Phi) is 7.13. The number of aromatic nitrogens is 2. The van der Waals surface area contributed by atoms with Gasteiger partial charge < -0.3 is 18.6 Å². The number of rotatable bonds is 8. The molecule has 0 aliphatic rings. The number of hydrogen-bond donors (Lipinski definition) is 0. The Labute approximate surface area is 191 Å². The summed E-state index contributed by atoms with van der Waals surface area (Å²) in [5.74, 6) is -0.178. The number of benzene rings is 1. The first-order valence-electron chi connectivity index (χ1n) is 10.3. The first-order chi connectivity index (χ1) is 15.8. The lowest BCUT2D eigenvalue weighted by atomic mass is 10.1. The molecule has 170 valence electrons. The number of ketones is 1. The van der Waals surface area contributed by atoms with Crippen molar-refractivity contribution in [2.24, 2.45) is 0 Å². The highest BCUT2D eigenvalue weighted by molar-refractivity contribution is 5.97. The molecular weight excluding hydrogens is 422 g/mol. The van der Waals surface area contributed by atoms with Gasteiger partial charge in [-0.25, -0.2) is 4.79 Å². The third-order valence-corrected chi connectivity index (χ3v) is 5.60. The highest BCUT2D eigenvalue weighted by Crippen LogP contribution is 2.19. The number of hydrogen-bond acceptors (Lipinski definition) is 6. The fourth-order valence-corrected chi connectivity index (χ4v) is 3.76. The Bertz CT molecular complexity index is 1290. The van der Waals surface area contributed by atoms with E-state index >= 15 is 0 Å². The molecule has 0 saturated heterocycles. The molecule has 0 atom stereocenters. The van der Waals surface area contributed by atoms with Crippen LogP contribution in [0.5, 0.6) is 5.75 Å². The summed E-state index contributed by atoms with van der Waals surface area (Å²) in [6, 6.07) is 12.6. The van der Waals surface area contributed by atoms with Crippen LogP contribution in [0.15, 0.2) is 47.4 Å². The average molecular weight is 447 g/mol. The normalized spacial score (nSPS) is 10.5. The third-order valence-electron chi connectivity index (χ3n) is 5.60. The van der Waals surface area contributed by atoms with Crippen LogP contribution in [0.3, 0.4) is 0 Å². The molecule has 0 radical (unpaired) electrons. The number of methoxy groups -OCH3 is 2. The minimum Gasteiger partial charge on any atom is -0.497 e. The van der Waals surface area contributed by atoms with Gasteiger partial charge in [-0.2, -0.15) is 5.26 Å². The van der Waals surface area contributed by atoms with Crippen molar-refractivity contribution in [3.8, 4) is 11.8 Å². The molecular formula is C25H25N3O5. The van der Waals surface area contributed by atoms with Gasteiger partial charge in [-0.1, -0.05) is 12.1 Å². The summed E-state index contributed by atoms with van der Waals surface area (Å²) < 4.78 is 13.0. The fourth-order valence-electron chi connectivity index (χ4n) is 3.76. The second-order valence-electron chi connectivity index (χ2n) is 7.64. The Morgan fingerprint density at radius 2 is 1.79 bits per heavy atom. The maximum absolute atomic E-state index is 13.1. The van der Waals surface area contributed by atoms with Crippen molar-refractivity contribution < 1.29 is 19.1 Å². The number of ether oxygens (including phenoxy) is 2. The first-order valence-corrected chi connectivity index (χ1v) is 10.3. The molecule has 33 heavy (non-hydrogen) atoms. The number of carbonyl (C=O) groups excluding carboxylic acids is 2. The summed E-state index contributed by atoms with van der Waals surface area (Å²) in [5.41, 5.74) is 2.54. The van der Waals surface area contributed by atoms with Gasteiger partial charge in [-0.05, 0) is 50.1 Å². The van der Waals surface area contributed by atoms with Crippen molar-refractivity contribution in [2.45, 2.75) is 33.4 Å². The summed E-state index contributed by atoms with van der Waals surface area (Å²) in [6.07, 6.45) is 2.02. The molecule has 0 aliphatic carbocycles. The molecule has 3 aromatic rings. The van der Waals surface area contributed by atoms with E-state index < -0.39 is 11.5 Å². The topological polar surface area (TPSA) is 103 Å². The van der Waals surface area contributed by atoms with Gasteiger partial charge in [0.1, 0.15) is 17.4 Å². The van der Waals surface area contributed by atoms with E-state index in [4.69, 9.17) is 4.74 Å². The number of nitriles is 1. The summed E-state index contributed by atoms with van der Waals surface area (Å²) in [7, 11) is 2.83. The maximum Gasteiger partial charge on any atom is 0.339 e. The monoisotopic (exact) mass is 447 g/mol. The number of aryl methyl sites for hydroxylation is 2. The van der Waals surface area contributed by atoms with Gasteiger partial charge in [-0.15, -0.1) is 0 Å². The first kappa shape index (κ1) is 23.5. The predicted molar refractivity (Wildman–Crippen MR) is 122 cm³/mol. The van der Waals surface area contributed by atoms with E-state index in [0.717, 1.165) is 33.7 Å². The quantitative estimate of drug-likeness (QED) is 0.388. The lowest BCUT2D eigenvalue weighted by Crippen LogP contribution is -2.27. The van der Waals surface area contributed by atoms with Crippen LogP contribution < -0.4 is 10.3 Å². The molecule has 8 nitrogen and oxygen atoms in total. The molecule has 0 saturated carbocycles. The van der Waals surface area contributed by atoms with Crippen molar-refractivity contribution in [2.75, 3.05) is 14.2 Å². The number of carbonyl (C=O) groups is 2. The average Bonchev–Trinajstić information content (AvgIpc) is 3.11. The Morgan fingerprint density at radius 1 is 1.09 bits per heavy atom. The molecule has 2 aromatic heterocycles. The second kappa shape index (κ2) is 10.0. The Balaban J connectivity index is 1.83. The van der Waals surface area contributed by atoms with Gasteiger partial charge in [0, 0.05) is 29.7 Å². The fraction of sp³-hybridized carbons (Fsp3) is 0.280. The standard InChI is InChI=1S/C25H25N3O5/c1-16-11-22(17(2)28(16)10-9-18-5-7-21(32-3)8-6-18)23(29)15-27-14-20(25(31)33-4)12-19(13-26)24(27)30/h5-8,11-12,14H,9-10,15H2,1-4H3. The summed E-state index contributed by atoms with van der Waals surface area (Å²) in [6.45, 7) is 4.19. The third kappa shape index (κ3) is 5.04. The molecule has 1 aromatic carbocycles. The molecule has 0 spiro atoms. The van der Waals surface area contributed by atoms with Crippen LogP contribution in [0.25, 0.3) is 0 Å². The van der Waals surface area contributed by atoms with Crippen LogP contribution in [0, 0.1) is 25.2 Å². The molecule has 0 amide bonds. The maximum atomic E-state index is 13.1. The van der Waals surface area contributed by atoms with Crippen LogP contribution in [0.2, 0.25) is 0 Å². The van der Waals surface area contributed by atoms with E-state index in [1.807, 2.05) is 38.1 Å². The molecule has 3 rings (SSSR count). The van der Waals surface area contributed by atoms with Gasteiger partial charge in [0.05, 0.1) is 26.3 Å². The van der Waals surface area contributed by atoms with Gasteiger partial charge in [0.2, 0.25) is 0 Å². The van der Waals surface area contributed by atoms with Gasteiger partial charge in [0.25, 0.3) is 5.56 Å². The number of Topliss-reactive ketones (excluding diaryl/α,β-unsaturated/α-hetero) is 1. The van der Waals surface area contributed by atoms with E-state index in [0.29, 0.717) is 12.1 Å². The zero-order valence-corrected chi connectivity index (χ0v) is 19.0. The van der Waals surface area contributed by atoms with E-state index in [2.05, 4.69) is 9.30 Å². The zero-order valence-electron chi connectivity index (χ0n) is 19.0.